The van der Waals surface area contributed by atoms with Crippen LogP contribution < -0.4 is 10.1 Å². The molecular formula is C20H21NO. The third-order valence-electron chi connectivity index (χ3n) is 2.98. The topological polar surface area (TPSA) is 21.3 Å². The van der Waals surface area contributed by atoms with Crippen LogP contribution >= 0.6 is 0 Å². The first-order chi connectivity index (χ1) is 10.6. The highest BCUT2D eigenvalue weighted by Crippen LogP contribution is 2.20. The molecule has 0 unspecified atom stereocenters. The Morgan fingerprint density at radius 3 is 2.55 bits per heavy atom. The van der Waals surface area contributed by atoms with Crippen LogP contribution in [-0.2, 0) is 6.54 Å². The van der Waals surface area contributed by atoms with Gasteiger partial charge in [-0.3, -0.25) is 0 Å². The molecular weight excluding hydrogens is 270 g/mol. The Morgan fingerprint density at radius 2 is 1.82 bits per heavy atom. The van der Waals surface area contributed by atoms with Gasteiger partial charge in [-0.1, -0.05) is 61.2 Å². The molecule has 0 atom stereocenters. The number of nitrogens with one attached hydrogen (secondary N) is 1. The Kier molecular flexibility index (Phi) is 5.61. The van der Waals surface area contributed by atoms with Gasteiger partial charge in [0.15, 0.2) is 0 Å². The molecule has 0 fully saturated rings. The summed E-state index contributed by atoms with van der Waals surface area (Å²) in [5.74, 6) is 1.35. The molecule has 2 heteroatoms. The Labute approximate surface area is 132 Å². The summed E-state index contributed by atoms with van der Waals surface area (Å²) in [7, 11) is 0. The number of allylic oxidation sites excluding steroid dienone is 3. The first-order valence-corrected chi connectivity index (χ1v) is 7.22. The quantitative estimate of drug-likeness (QED) is 0.550. The van der Waals surface area contributed by atoms with E-state index in [1.165, 1.54) is 5.56 Å². The zero-order valence-electron chi connectivity index (χ0n) is 12.9. The second kappa shape index (κ2) is 7.89. The highest BCUT2D eigenvalue weighted by molar-refractivity contribution is 5.49. The lowest BCUT2D eigenvalue weighted by Crippen LogP contribution is -1.99. The van der Waals surface area contributed by atoms with Gasteiger partial charge in [0.2, 0.25) is 0 Å². The van der Waals surface area contributed by atoms with Crippen LogP contribution in [0.1, 0.15) is 12.5 Å². The van der Waals surface area contributed by atoms with Crippen molar-refractivity contribution < 1.29 is 4.74 Å². The summed E-state index contributed by atoms with van der Waals surface area (Å²) in [6.07, 6.45) is 3.69. The molecule has 2 nitrogen and oxygen atoms in total. The molecule has 0 heterocycles. The molecule has 0 spiro atoms. The molecule has 0 aromatic heterocycles. The summed E-state index contributed by atoms with van der Waals surface area (Å²) in [5.41, 5.74) is 3.21. The first kappa shape index (κ1) is 15.6. The average molecular weight is 291 g/mol. The van der Waals surface area contributed by atoms with Crippen molar-refractivity contribution >= 4 is 5.69 Å². The summed E-state index contributed by atoms with van der Waals surface area (Å²) in [4.78, 5) is 0. The second-order valence-electron chi connectivity index (χ2n) is 5.12. The molecule has 1 N–H and O–H groups in total. The van der Waals surface area contributed by atoms with E-state index in [1.807, 2.05) is 61.5 Å². The maximum atomic E-state index is 5.70. The van der Waals surface area contributed by atoms with E-state index in [9.17, 15) is 0 Å². The van der Waals surface area contributed by atoms with E-state index in [0.717, 1.165) is 23.6 Å². The van der Waals surface area contributed by atoms with Crippen LogP contribution in [-0.4, -0.2) is 0 Å². The van der Waals surface area contributed by atoms with Gasteiger partial charge in [-0.05, 0) is 30.7 Å². The summed E-state index contributed by atoms with van der Waals surface area (Å²) >= 11 is 0. The van der Waals surface area contributed by atoms with Crippen LogP contribution in [0, 0.1) is 0 Å². The summed E-state index contributed by atoms with van der Waals surface area (Å²) < 4.78 is 5.70. The van der Waals surface area contributed by atoms with Crippen molar-refractivity contribution in [3.8, 4) is 5.75 Å². The van der Waals surface area contributed by atoms with Crippen LogP contribution in [0.25, 0.3) is 0 Å². The monoisotopic (exact) mass is 291 g/mol. The molecule has 0 aliphatic heterocycles. The van der Waals surface area contributed by atoms with Crippen LogP contribution in [0.2, 0.25) is 0 Å². The third-order valence-corrected chi connectivity index (χ3v) is 2.98. The fourth-order valence-corrected chi connectivity index (χ4v) is 1.89. The van der Waals surface area contributed by atoms with Gasteiger partial charge in [-0.25, -0.2) is 0 Å². The van der Waals surface area contributed by atoms with E-state index in [0.29, 0.717) is 5.76 Å². The van der Waals surface area contributed by atoms with Crippen molar-refractivity contribution in [3.05, 3.63) is 96.8 Å². The zero-order valence-corrected chi connectivity index (χ0v) is 12.9. The van der Waals surface area contributed by atoms with Crippen molar-refractivity contribution in [2.24, 2.45) is 0 Å². The van der Waals surface area contributed by atoms with Crippen molar-refractivity contribution in [2.45, 2.75) is 13.5 Å². The van der Waals surface area contributed by atoms with Gasteiger partial charge in [-0.2, -0.15) is 0 Å². The molecule has 0 saturated carbocycles. The smallest absolute Gasteiger partial charge is 0.129 e. The lowest BCUT2D eigenvalue weighted by atomic mass is 10.2. The predicted molar refractivity (Wildman–Crippen MR) is 93.9 cm³/mol. The van der Waals surface area contributed by atoms with Crippen LogP contribution in [0.4, 0.5) is 5.69 Å². The molecule has 0 radical (unpaired) electrons. The number of benzene rings is 2. The highest BCUT2D eigenvalue weighted by atomic mass is 16.5. The molecule has 0 aliphatic carbocycles. The fraction of sp³-hybridized carbons (Fsp3) is 0.100. The zero-order chi connectivity index (χ0) is 15.8. The molecule has 2 aromatic rings. The Bertz CT molecular complexity index is 671. The summed E-state index contributed by atoms with van der Waals surface area (Å²) in [6, 6.07) is 18.1. The normalized spacial score (nSPS) is 10.4. The lowest BCUT2D eigenvalue weighted by Gasteiger charge is -2.10. The Balaban J connectivity index is 1.95. The van der Waals surface area contributed by atoms with E-state index in [2.05, 4.69) is 30.6 Å². The summed E-state index contributed by atoms with van der Waals surface area (Å²) in [6.45, 7) is 10.4. The van der Waals surface area contributed by atoms with Gasteiger partial charge in [-0.15, -0.1) is 0 Å². The van der Waals surface area contributed by atoms with Gasteiger partial charge in [0.1, 0.15) is 11.5 Å². The van der Waals surface area contributed by atoms with Crippen LogP contribution in [0.3, 0.4) is 0 Å². The van der Waals surface area contributed by atoms with Crippen molar-refractivity contribution in [3.63, 3.8) is 0 Å². The Morgan fingerprint density at radius 1 is 1.05 bits per heavy atom. The van der Waals surface area contributed by atoms with E-state index in [1.54, 1.807) is 0 Å². The molecule has 0 saturated heterocycles. The van der Waals surface area contributed by atoms with Gasteiger partial charge >= 0.3 is 0 Å². The minimum Gasteiger partial charge on any atom is -0.458 e. The molecule has 2 rings (SSSR count). The predicted octanol–water partition coefficient (Wildman–Crippen LogP) is 5.32. The molecule has 0 amide bonds. The van der Waals surface area contributed by atoms with Crippen LogP contribution in [0.5, 0.6) is 5.75 Å². The minimum absolute atomic E-state index is 0.586. The standard InChI is InChI=1S/C20H21NO/c1-16(2)12-13-17(3)22-20-11-7-10-19(14-20)21-15-18-8-5-4-6-9-18/h4-14,21H,1,3,15H2,2H3/b13-12-. The number of rotatable bonds is 7. The van der Waals surface area contributed by atoms with E-state index in [-0.39, 0.29) is 0 Å². The van der Waals surface area contributed by atoms with Crippen molar-refractivity contribution in [1.29, 1.82) is 0 Å². The van der Waals surface area contributed by atoms with Crippen molar-refractivity contribution in [1.82, 2.24) is 0 Å². The molecule has 0 bridgehead atoms. The van der Waals surface area contributed by atoms with E-state index < -0.39 is 0 Å². The van der Waals surface area contributed by atoms with Gasteiger partial charge < -0.3 is 10.1 Å². The van der Waals surface area contributed by atoms with Gasteiger partial charge in [0, 0.05) is 18.3 Å². The van der Waals surface area contributed by atoms with Gasteiger partial charge in [0.25, 0.3) is 0 Å². The van der Waals surface area contributed by atoms with Gasteiger partial charge in [0.05, 0.1) is 0 Å². The van der Waals surface area contributed by atoms with E-state index >= 15 is 0 Å². The minimum atomic E-state index is 0.586. The number of anilines is 1. The maximum absolute atomic E-state index is 5.70. The average Bonchev–Trinajstić information content (AvgIpc) is 2.52. The molecule has 112 valence electrons. The number of hydrogen-bond acceptors (Lipinski definition) is 2. The SMILES string of the molecule is C=C(C)/C=C\C(=C)Oc1cccc(NCc2ccccc2)c1. The lowest BCUT2D eigenvalue weighted by molar-refractivity contribution is 0.447. The number of ether oxygens (including phenoxy) is 1. The third kappa shape index (κ3) is 5.33. The van der Waals surface area contributed by atoms with Crippen LogP contribution in [0.15, 0.2) is 91.2 Å². The second-order valence-corrected chi connectivity index (χ2v) is 5.12. The van der Waals surface area contributed by atoms with E-state index in [4.69, 9.17) is 4.74 Å². The Hall–Kier alpha value is -2.74. The largest absolute Gasteiger partial charge is 0.458 e. The number of hydrogen-bond donors (Lipinski definition) is 1. The maximum Gasteiger partial charge on any atom is 0.129 e. The molecule has 22 heavy (non-hydrogen) atoms. The molecule has 0 aliphatic rings. The van der Waals surface area contributed by atoms with Crippen molar-refractivity contribution in [2.75, 3.05) is 5.32 Å². The highest BCUT2D eigenvalue weighted by Gasteiger charge is 1.98. The summed E-state index contributed by atoms with van der Waals surface area (Å²) in [5, 5.41) is 3.38. The molecule has 2 aromatic carbocycles. The fourth-order valence-electron chi connectivity index (χ4n) is 1.89. The first-order valence-electron chi connectivity index (χ1n) is 7.22.